The summed E-state index contributed by atoms with van der Waals surface area (Å²) in [7, 11) is 1.75. The van der Waals surface area contributed by atoms with E-state index < -0.39 is 0 Å². The fourth-order valence-corrected chi connectivity index (χ4v) is 4.15. The molecule has 3 atom stereocenters. The first-order valence-corrected chi connectivity index (χ1v) is 8.00. The van der Waals surface area contributed by atoms with Crippen LogP contribution in [0, 0.1) is 17.8 Å². The molecule has 0 amide bonds. The van der Waals surface area contributed by atoms with Gasteiger partial charge in [0.1, 0.15) is 0 Å². The van der Waals surface area contributed by atoms with Crippen LogP contribution >= 0.6 is 0 Å². The lowest BCUT2D eigenvalue weighted by Gasteiger charge is -2.26. The van der Waals surface area contributed by atoms with Crippen molar-refractivity contribution in [2.24, 2.45) is 24.8 Å². The van der Waals surface area contributed by atoms with Crippen molar-refractivity contribution in [3.05, 3.63) is 34.3 Å². The van der Waals surface area contributed by atoms with E-state index in [1.807, 2.05) is 12.1 Å². The van der Waals surface area contributed by atoms with Gasteiger partial charge < -0.3 is 9.73 Å². The highest BCUT2D eigenvalue weighted by Gasteiger charge is 2.47. The van der Waals surface area contributed by atoms with Gasteiger partial charge in [-0.25, -0.2) is 4.79 Å². The summed E-state index contributed by atoms with van der Waals surface area (Å²) in [5, 5.41) is 3.64. The number of nitrogens with one attached hydrogen (secondary N) is 1. The Hall–Kier alpha value is -1.55. The van der Waals surface area contributed by atoms with Crippen LogP contribution in [0.3, 0.4) is 0 Å². The average molecular weight is 286 g/mol. The van der Waals surface area contributed by atoms with Gasteiger partial charge in [0.15, 0.2) is 5.58 Å². The Labute approximate surface area is 124 Å². The van der Waals surface area contributed by atoms with Gasteiger partial charge in [-0.1, -0.05) is 13.0 Å². The van der Waals surface area contributed by atoms with Crippen LogP contribution in [0.1, 0.15) is 37.8 Å². The zero-order valence-corrected chi connectivity index (χ0v) is 12.6. The van der Waals surface area contributed by atoms with Crippen molar-refractivity contribution in [1.29, 1.82) is 0 Å². The van der Waals surface area contributed by atoms with Crippen molar-refractivity contribution in [3.63, 3.8) is 0 Å². The summed E-state index contributed by atoms with van der Waals surface area (Å²) in [5.41, 5.74) is 2.82. The first kappa shape index (κ1) is 13.1. The third kappa shape index (κ3) is 2.13. The molecule has 4 heteroatoms. The van der Waals surface area contributed by atoms with Crippen molar-refractivity contribution in [2.75, 3.05) is 6.54 Å². The van der Waals surface area contributed by atoms with Crippen molar-refractivity contribution in [1.82, 2.24) is 9.88 Å². The Morgan fingerprint density at radius 3 is 2.81 bits per heavy atom. The van der Waals surface area contributed by atoms with E-state index in [1.165, 1.54) is 24.8 Å². The zero-order valence-electron chi connectivity index (χ0n) is 12.6. The molecule has 1 N–H and O–H groups in total. The third-order valence-corrected chi connectivity index (χ3v) is 5.35. The highest BCUT2D eigenvalue weighted by molar-refractivity contribution is 5.73. The van der Waals surface area contributed by atoms with E-state index in [4.69, 9.17) is 4.42 Å². The number of nitrogens with zero attached hydrogens (tertiary/aromatic N) is 1. The van der Waals surface area contributed by atoms with Crippen molar-refractivity contribution in [3.8, 4) is 0 Å². The van der Waals surface area contributed by atoms with E-state index in [0.29, 0.717) is 11.6 Å². The van der Waals surface area contributed by atoms with Crippen LogP contribution in [0.15, 0.2) is 27.4 Å². The second-order valence-electron chi connectivity index (χ2n) is 6.68. The monoisotopic (exact) mass is 286 g/mol. The summed E-state index contributed by atoms with van der Waals surface area (Å²) in [6, 6.07) is 6.59. The number of oxazole rings is 1. The minimum Gasteiger partial charge on any atom is -0.408 e. The Balaban J connectivity index is 1.69. The minimum atomic E-state index is -0.288. The molecule has 1 aromatic carbocycles. The Morgan fingerprint density at radius 1 is 1.33 bits per heavy atom. The normalized spacial score (nSPS) is 28.8. The second kappa shape index (κ2) is 4.73. The molecule has 2 aliphatic carbocycles. The minimum absolute atomic E-state index is 0.288. The standard InChI is InChI=1S/C17H22N2O2/c1-3-18-16(13-7-11-6-12(11)8-13)10-4-5-14-15(9-10)21-17(20)19(14)2/h4-5,9,11-13,16,18H,3,6-8H2,1-2H3. The van der Waals surface area contributed by atoms with Crippen molar-refractivity contribution >= 4 is 11.1 Å². The van der Waals surface area contributed by atoms with Crippen molar-refractivity contribution in [2.45, 2.75) is 32.2 Å². The molecule has 2 saturated carbocycles. The molecule has 1 heterocycles. The van der Waals surface area contributed by atoms with Crippen LogP contribution in [-0.4, -0.2) is 11.1 Å². The molecule has 21 heavy (non-hydrogen) atoms. The molecule has 4 rings (SSSR count). The highest BCUT2D eigenvalue weighted by atomic mass is 16.4. The van der Waals surface area contributed by atoms with Gasteiger partial charge in [0.05, 0.1) is 5.52 Å². The number of hydrogen-bond acceptors (Lipinski definition) is 3. The maximum Gasteiger partial charge on any atom is 0.419 e. The molecule has 0 radical (unpaired) electrons. The smallest absolute Gasteiger partial charge is 0.408 e. The number of hydrogen-bond donors (Lipinski definition) is 1. The van der Waals surface area contributed by atoms with E-state index in [-0.39, 0.29) is 5.76 Å². The Morgan fingerprint density at radius 2 is 2.10 bits per heavy atom. The Kier molecular flexibility index (Phi) is 2.96. The van der Waals surface area contributed by atoms with Crippen LogP contribution in [0.25, 0.3) is 11.1 Å². The van der Waals surface area contributed by atoms with Gasteiger partial charge in [-0.05, 0) is 61.3 Å². The van der Waals surface area contributed by atoms with Gasteiger partial charge in [0.25, 0.3) is 0 Å². The molecule has 0 aliphatic heterocycles. The molecule has 3 unspecified atom stereocenters. The van der Waals surface area contributed by atoms with Gasteiger partial charge in [0.2, 0.25) is 0 Å². The SMILES string of the molecule is CCNC(c1ccc2c(c1)oc(=O)n2C)C1CC2CC2C1. The van der Waals surface area contributed by atoms with Crippen molar-refractivity contribution < 1.29 is 4.42 Å². The van der Waals surface area contributed by atoms with Crippen LogP contribution in [0.5, 0.6) is 0 Å². The van der Waals surface area contributed by atoms with E-state index >= 15 is 0 Å². The molecule has 1 aromatic heterocycles. The van der Waals surface area contributed by atoms with E-state index in [2.05, 4.69) is 18.3 Å². The highest BCUT2D eigenvalue weighted by Crippen LogP contribution is 2.57. The van der Waals surface area contributed by atoms with E-state index in [9.17, 15) is 4.79 Å². The first-order chi connectivity index (χ1) is 10.2. The topological polar surface area (TPSA) is 47.2 Å². The van der Waals surface area contributed by atoms with E-state index in [0.717, 1.165) is 29.8 Å². The third-order valence-electron chi connectivity index (χ3n) is 5.35. The number of benzene rings is 1. The summed E-state index contributed by atoms with van der Waals surface area (Å²) in [5.74, 6) is 2.40. The number of aromatic nitrogens is 1. The predicted octanol–water partition coefficient (Wildman–Crippen LogP) is 2.83. The van der Waals surface area contributed by atoms with E-state index in [1.54, 1.807) is 11.6 Å². The van der Waals surface area contributed by atoms with Gasteiger partial charge >= 0.3 is 5.76 Å². The fourth-order valence-electron chi connectivity index (χ4n) is 4.15. The fraction of sp³-hybridized carbons (Fsp3) is 0.588. The summed E-state index contributed by atoms with van der Waals surface area (Å²) >= 11 is 0. The molecule has 2 fully saturated rings. The van der Waals surface area contributed by atoms with Crippen LogP contribution in [0.2, 0.25) is 0 Å². The summed E-state index contributed by atoms with van der Waals surface area (Å²) in [6.07, 6.45) is 4.14. The number of rotatable bonds is 4. The van der Waals surface area contributed by atoms with Gasteiger partial charge in [-0.2, -0.15) is 0 Å². The molecule has 0 saturated heterocycles. The van der Waals surface area contributed by atoms with Crippen LogP contribution in [-0.2, 0) is 7.05 Å². The summed E-state index contributed by atoms with van der Waals surface area (Å²) < 4.78 is 6.90. The largest absolute Gasteiger partial charge is 0.419 e. The molecule has 0 bridgehead atoms. The summed E-state index contributed by atoms with van der Waals surface area (Å²) in [6.45, 7) is 3.12. The van der Waals surface area contributed by atoms with Crippen LogP contribution in [0.4, 0.5) is 0 Å². The maximum absolute atomic E-state index is 11.6. The molecule has 4 nitrogen and oxygen atoms in total. The molecular weight excluding hydrogens is 264 g/mol. The molecular formula is C17H22N2O2. The maximum atomic E-state index is 11.6. The summed E-state index contributed by atoms with van der Waals surface area (Å²) in [4.78, 5) is 11.6. The van der Waals surface area contributed by atoms with Gasteiger partial charge in [-0.3, -0.25) is 4.57 Å². The van der Waals surface area contributed by atoms with Crippen LogP contribution < -0.4 is 11.1 Å². The van der Waals surface area contributed by atoms with Gasteiger partial charge in [0, 0.05) is 13.1 Å². The lowest BCUT2D eigenvalue weighted by atomic mass is 9.89. The zero-order chi connectivity index (χ0) is 14.6. The molecule has 0 spiro atoms. The molecule has 112 valence electrons. The average Bonchev–Trinajstić information content (AvgIpc) is 2.98. The number of aryl methyl sites for hydroxylation is 1. The first-order valence-electron chi connectivity index (χ1n) is 8.00. The lowest BCUT2D eigenvalue weighted by Crippen LogP contribution is -2.27. The second-order valence-corrected chi connectivity index (χ2v) is 6.68. The molecule has 2 aliphatic rings. The Bertz CT molecular complexity index is 720. The van der Waals surface area contributed by atoms with Gasteiger partial charge in [-0.15, -0.1) is 0 Å². The number of fused-ring (bicyclic) bond motifs is 2. The lowest BCUT2D eigenvalue weighted by molar-refractivity contribution is 0.346. The quantitative estimate of drug-likeness (QED) is 0.940. The molecule has 2 aromatic rings. The predicted molar refractivity (Wildman–Crippen MR) is 82.2 cm³/mol.